The van der Waals surface area contributed by atoms with Crippen LogP contribution in [0.15, 0.2) is 57.8 Å². The molecule has 10 heteroatoms. The summed E-state index contributed by atoms with van der Waals surface area (Å²) in [6, 6.07) is 14.2. The Kier molecular flexibility index (Phi) is 7.24. The van der Waals surface area contributed by atoms with Crippen LogP contribution in [-0.2, 0) is 15.8 Å². The molecule has 3 aromatic rings. The first-order valence-corrected chi connectivity index (χ1v) is 13.6. The fourth-order valence-corrected chi connectivity index (χ4v) is 6.77. The van der Waals surface area contributed by atoms with Crippen molar-refractivity contribution in [2.75, 3.05) is 18.4 Å². The van der Waals surface area contributed by atoms with Gasteiger partial charge in [-0.1, -0.05) is 53.8 Å². The summed E-state index contributed by atoms with van der Waals surface area (Å²) in [5, 5.41) is 11.3. The second kappa shape index (κ2) is 10.1. The van der Waals surface area contributed by atoms with Crippen LogP contribution in [-0.4, -0.2) is 41.9 Å². The molecule has 0 unspecified atom stereocenters. The van der Waals surface area contributed by atoms with Gasteiger partial charge >= 0.3 is 0 Å². The Hall–Kier alpha value is -2.27. The Bertz CT molecular complexity index is 1190. The molecule has 1 aromatic heterocycles. The molecule has 0 aliphatic carbocycles. The fraction of sp³-hybridized carbons (Fsp3) is 0.318. The number of benzene rings is 2. The highest BCUT2D eigenvalue weighted by molar-refractivity contribution is 8.00. The van der Waals surface area contributed by atoms with Gasteiger partial charge < -0.3 is 0 Å². The maximum atomic E-state index is 12.8. The third-order valence-corrected chi connectivity index (χ3v) is 9.24. The predicted octanol–water partition coefficient (Wildman–Crippen LogP) is 4.57. The molecule has 0 bridgehead atoms. The molecule has 7 nitrogen and oxygen atoms in total. The van der Waals surface area contributed by atoms with Crippen molar-refractivity contribution in [3.05, 3.63) is 65.2 Å². The number of nitrogens with one attached hydrogen (secondary N) is 1. The number of nitrogens with zero attached hydrogens (tertiary/aromatic N) is 3. The molecule has 2 aromatic carbocycles. The summed E-state index contributed by atoms with van der Waals surface area (Å²) in [6.45, 7) is 3.17. The van der Waals surface area contributed by atoms with Crippen molar-refractivity contribution in [2.45, 2.75) is 41.2 Å². The molecule has 1 aliphatic heterocycles. The van der Waals surface area contributed by atoms with Crippen LogP contribution in [0.3, 0.4) is 0 Å². The Morgan fingerprint density at radius 2 is 1.78 bits per heavy atom. The number of aryl methyl sites for hydroxylation is 1. The number of aromatic nitrogens is 2. The zero-order valence-electron chi connectivity index (χ0n) is 17.7. The zero-order chi connectivity index (χ0) is 22.6. The number of rotatable bonds is 7. The highest BCUT2D eigenvalue weighted by Gasteiger charge is 2.26. The minimum atomic E-state index is -3.51. The molecular formula is C22H24N4O3S3. The van der Waals surface area contributed by atoms with Gasteiger partial charge in [0.25, 0.3) is 5.91 Å². The Balaban J connectivity index is 1.36. The fourth-order valence-electron chi connectivity index (χ4n) is 3.43. The van der Waals surface area contributed by atoms with Crippen molar-refractivity contribution in [2.24, 2.45) is 0 Å². The van der Waals surface area contributed by atoms with E-state index in [9.17, 15) is 13.2 Å². The van der Waals surface area contributed by atoms with E-state index in [4.69, 9.17) is 0 Å². The summed E-state index contributed by atoms with van der Waals surface area (Å²) >= 11 is 2.89. The lowest BCUT2D eigenvalue weighted by atomic mass is 10.1. The molecule has 1 N–H and O–H groups in total. The van der Waals surface area contributed by atoms with E-state index in [2.05, 4.69) is 34.6 Å². The number of anilines is 1. The molecule has 0 saturated carbocycles. The molecule has 168 valence electrons. The Morgan fingerprint density at radius 1 is 1.06 bits per heavy atom. The lowest BCUT2D eigenvalue weighted by molar-refractivity contribution is 0.102. The molecular weight excluding hydrogens is 464 g/mol. The molecule has 1 amide bonds. The van der Waals surface area contributed by atoms with E-state index in [0.717, 1.165) is 29.4 Å². The zero-order valence-corrected chi connectivity index (χ0v) is 20.1. The van der Waals surface area contributed by atoms with Crippen LogP contribution in [0, 0.1) is 6.92 Å². The molecule has 1 fully saturated rings. The Labute approximate surface area is 196 Å². The van der Waals surface area contributed by atoms with Gasteiger partial charge in [-0.05, 0) is 55.2 Å². The standard InChI is InChI=1S/C22H24N4O3S3/c1-16-7-3-4-8-18(16)15-30-22-25-24-21(31-22)23-20(27)17-9-11-19(12-10-17)32(28,29)26-13-5-2-6-14-26/h3-4,7-12H,2,5-6,13-15H2,1H3,(H,23,24,27). The van der Waals surface area contributed by atoms with Crippen molar-refractivity contribution in [1.29, 1.82) is 0 Å². The van der Waals surface area contributed by atoms with Gasteiger partial charge in [-0.25, -0.2) is 8.42 Å². The number of amides is 1. The molecule has 4 rings (SSSR count). The largest absolute Gasteiger partial charge is 0.296 e. The van der Waals surface area contributed by atoms with Gasteiger partial charge in [0.05, 0.1) is 4.90 Å². The van der Waals surface area contributed by atoms with Crippen LogP contribution >= 0.6 is 23.1 Å². The summed E-state index contributed by atoms with van der Waals surface area (Å²) in [7, 11) is -3.51. The van der Waals surface area contributed by atoms with Crippen LogP contribution in [0.2, 0.25) is 0 Å². The van der Waals surface area contributed by atoms with Gasteiger partial charge in [0.1, 0.15) is 0 Å². The predicted molar refractivity (Wildman–Crippen MR) is 128 cm³/mol. The highest BCUT2D eigenvalue weighted by atomic mass is 32.2. The average molecular weight is 489 g/mol. The van der Waals surface area contributed by atoms with Crippen molar-refractivity contribution < 1.29 is 13.2 Å². The first-order chi connectivity index (χ1) is 15.4. The molecule has 2 heterocycles. The number of thioether (sulfide) groups is 1. The topological polar surface area (TPSA) is 92.3 Å². The van der Waals surface area contributed by atoms with Gasteiger partial charge in [0.15, 0.2) is 4.34 Å². The first kappa shape index (κ1) is 22.9. The summed E-state index contributed by atoms with van der Waals surface area (Å²) in [4.78, 5) is 12.8. The second-order valence-corrected chi connectivity index (χ2v) is 11.7. The normalized spacial score (nSPS) is 14.9. The van der Waals surface area contributed by atoms with E-state index in [0.29, 0.717) is 23.8 Å². The van der Waals surface area contributed by atoms with Crippen LogP contribution in [0.5, 0.6) is 0 Å². The summed E-state index contributed by atoms with van der Waals surface area (Å²) in [5.74, 6) is 0.431. The number of carbonyl (C=O) groups excluding carboxylic acids is 1. The van der Waals surface area contributed by atoms with E-state index in [1.165, 1.54) is 51.0 Å². The molecule has 1 saturated heterocycles. The lowest BCUT2D eigenvalue weighted by Gasteiger charge is -2.25. The van der Waals surface area contributed by atoms with Crippen molar-refractivity contribution in [1.82, 2.24) is 14.5 Å². The van der Waals surface area contributed by atoms with E-state index in [1.54, 1.807) is 11.8 Å². The number of sulfonamides is 1. The van der Waals surface area contributed by atoms with E-state index in [1.807, 2.05) is 12.1 Å². The monoisotopic (exact) mass is 488 g/mol. The van der Waals surface area contributed by atoms with E-state index < -0.39 is 10.0 Å². The molecule has 0 radical (unpaired) electrons. The SMILES string of the molecule is Cc1ccccc1CSc1nnc(NC(=O)c2ccc(S(=O)(=O)N3CCCCC3)cc2)s1. The maximum Gasteiger partial charge on any atom is 0.257 e. The third kappa shape index (κ3) is 5.37. The quantitative estimate of drug-likeness (QED) is 0.387. The van der Waals surface area contributed by atoms with Crippen molar-refractivity contribution >= 4 is 44.2 Å². The molecule has 1 aliphatic rings. The van der Waals surface area contributed by atoms with Gasteiger partial charge in [0, 0.05) is 24.4 Å². The van der Waals surface area contributed by atoms with Crippen LogP contribution < -0.4 is 5.32 Å². The van der Waals surface area contributed by atoms with Gasteiger partial charge in [-0.3, -0.25) is 10.1 Å². The molecule has 32 heavy (non-hydrogen) atoms. The average Bonchev–Trinajstić information content (AvgIpc) is 3.26. The minimum Gasteiger partial charge on any atom is -0.296 e. The van der Waals surface area contributed by atoms with E-state index >= 15 is 0 Å². The molecule has 0 atom stereocenters. The summed E-state index contributed by atoms with van der Waals surface area (Å²) in [5.41, 5.74) is 2.83. The summed E-state index contributed by atoms with van der Waals surface area (Å²) in [6.07, 6.45) is 2.82. The molecule has 0 spiro atoms. The summed E-state index contributed by atoms with van der Waals surface area (Å²) < 4.78 is 27.8. The number of hydrogen-bond acceptors (Lipinski definition) is 7. The highest BCUT2D eigenvalue weighted by Crippen LogP contribution is 2.29. The Morgan fingerprint density at radius 3 is 2.50 bits per heavy atom. The minimum absolute atomic E-state index is 0.210. The van der Waals surface area contributed by atoms with Gasteiger partial charge in [-0.15, -0.1) is 10.2 Å². The van der Waals surface area contributed by atoms with E-state index in [-0.39, 0.29) is 10.8 Å². The second-order valence-electron chi connectivity index (χ2n) is 7.53. The third-order valence-electron chi connectivity index (χ3n) is 5.31. The first-order valence-electron chi connectivity index (χ1n) is 10.4. The lowest BCUT2D eigenvalue weighted by Crippen LogP contribution is -2.35. The van der Waals surface area contributed by atoms with Crippen LogP contribution in [0.25, 0.3) is 0 Å². The maximum absolute atomic E-state index is 12.8. The van der Waals surface area contributed by atoms with Crippen molar-refractivity contribution in [3.8, 4) is 0 Å². The van der Waals surface area contributed by atoms with Crippen LogP contribution in [0.1, 0.15) is 40.7 Å². The van der Waals surface area contributed by atoms with Crippen LogP contribution in [0.4, 0.5) is 5.13 Å². The smallest absolute Gasteiger partial charge is 0.257 e. The van der Waals surface area contributed by atoms with Gasteiger partial charge in [-0.2, -0.15) is 4.31 Å². The number of hydrogen-bond donors (Lipinski definition) is 1. The van der Waals surface area contributed by atoms with Crippen molar-refractivity contribution in [3.63, 3.8) is 0 Å². The number of carbonyl (C=O) groups is 1. The number of piperidine rings is 1. The van der Waals surface area contributed by atoms with Gasteiger partial charge in [0.2, 0.25) is 15.2 Å².